The minimum absolute atomic E-state index is 0.151. The molecule has 1 saturated heterocycles. The molecule has 0 saturated carbocycles. The quantitative estimate of drug-likeness (QED) is 0.323. The lowest BCUT2D eigenvalue weighted by molar-refractivity contribution is -0.148. The van der Waals surface area contributed by atoms with Crippen molar-refractivity contribution >= 4 is 5.97 Å². The number of carbonyl (C=O) groups excluding carboxylic acids is 1. The number of hydrogen-bond acceptors (Lipinski definition) is 3. The largest absolute Gasteiger partial charge is 0.462 e. The van der Waals surface area contributed by atoms with Crippen LogP contribution >= 0.6 is 0 Å². The summed E-state index contributed by atoms with van der Waals surface area (Å²) >= 11 is 0. The van der Waals surface area contributed by atoms with E-state index in [1.165, 1.54) is 0 Å². The molecule has 4 heteroatoms. The average molecular weight is 147 g/mol. The standard InChI is InChI=1S/C6H10FNO2/c1-4(2)10-6(9)5-3-8(5)7/h4-5H,3H2,1-2H3/t5-,8?/m0/s1. The van der Waals surface area contributed by atoms with Crippen molar-refractivity contribution in [1.82, 2.24) is 5.12 Å². The second-order valence-corrected chi connectivity index (χ2v) is 2.58. The molecule has 0 bridgehead atoms. The number of nitrogens with zero attached hydrogens (tertiary/aromatic N) is 1. The highest BCUT2D eigenvalue weighted by Gasteiger charge is 2.43. The van der Waals surface area contributed by atoms with Gasteiger partial charge in [0, 0.05) is 0 Å². The van der Waals surface area contributed by atoms with Gasteiger partial charge in [0.2, 0.25) is 0 Å². The molecule has 0 aliphatic carbocycles. The zero-order valence-electron chi connectivity index (χ0n) is 6.00. The molecule has 0 amide bonds. The predicted octanol–water partition coefficient (Wildman–Crippen LogP) is 0.507. The van der Waals surface area contributed by atoms with Gasteiger partial charge in [-0.1, -0.05) is 0 Å². The van der Waals surface area contributed by atoms with Crippen molar-refractivity contribution in [2.24, 2.45) is 0 Å². The lowest BCUT2D eigenvalue weighted by Crippen LogP contribution is -2.18. The Balaban J connectivity index is 2.23. The van der Waals surface area contributed by atoms with E-state index in [1.54, 1.807) is 13.8 Å². The van der Waals surface area contributed by atoms with E-state index in [1.807, 2.05) is 0 Å². The Labute approximate surface area is 58.7 Å². The molecule has 1 aliphatic rings. The molecule has 1 unspecified atom stereocenters. The van der Waals surface area contributed by atoms with Crippen molar-refractivity contribution in [2.45, 2.75) is 26.0 Å². The number of ether oxygens (including phenoxy) is 1. The summed E-state index contributed by atoms with van der Waals surface area (Å²) in [5.74, 6) is -0.461. The average Bonchev–Trinajstić information content (AvgIpc) is 2.44. The summed E-state index contributed by atoms with van der Waals surface area (Å²) in [7, 11) is 0. The van der Waals surface area contributed by atoms with Crippen LogP contribution in [0.15, 0.2) is 0 Å². The molecule has 3 nitrogen and oxygen atoms in total. The molecule has 1 heterocycles. The van der Waals surface area contributed by atoms with Crippen LogP contribution in [0.1, 0.15) is 13.8 Å². The topological polar surface area (TPSA) is 29.3 Å². The smallest absolute Gasteiger partial charge is 0.327 e. The third kappa shape index (κ3) is 1.67. The van der Waals surface area contributed by atoms with Crippen LogP contribution in [-0.2, 0) is 9.53 Å². The van der Waals surface area contributed by atoms with Gasteiger partial charge in [0.15, 0.2) is 6.04 Å². The van der Waals surface area contributed by atoms with E-state index < -0.39 is 12.0 Å². The van der Waals surface area contributed by atoms with E-state index in [0.29, 0.717) is 5.12 Å². The Hall–Kier alpha value is -0.640. The maximum absolute atomic E-state index is 12.0. The van der Waals surface area contributed by atoms with Gasteiger partial charge in [-0.3, -0.25) is 4.79 Å². The monoisotopic (exact) mass is 147 g/mol. The zero-order chi connectivity index (χ0) is 7.72. The van der Waals surface area contributed by atoms with Gasteiger partial charge in [0.05, 0.1) is 12.6 Å². The predicted molar refractivity (Wildman–Crippen MR) is 32.8 cm³/mol. The SMILES string of the molecule is CC(C)OC(=O)[C@@H]1CN1F. The molecular formula is C6H10FNO2. The van der Waals surface area contributed by atoms with Gasteiger partial charge >= 0.3 is 5.97 Å². The molecule has 0 spiro atoms. The van der Waals surface area contributed by atoms with Gasteiger partial charge in [-0.05, 0) is 13.8 Å². The number of carbonyl (C=O) groups is 1. The van der Waals surface area contributed by atoms with Crippen LogP contribution in [0.3, 0.4) is 0 Å². The Morgan fingerprint density at radius 2 is 2.30 bits per heavy atom. The summed E-state index contributed by atoms with van der Waals surface area (Å²) in [6, 6.07) is -0.623. The first kappa shape index (κ1) is 7.47. The van der Waals surface area contributed by atoms with Gasteiger partial charge in [-0.25, -0.2) is 0 Å². The highest BCUT2D eigenvalue weighted by atomic mass is 19.2. The Bertz CT molecular complexity index is 149. The first-order valence-electron chi connectivity index (χ1n) is 3.24. The molecule has 0 aromatic heterocycles. The van der Waals surface area contributed by atoms with Crippen molar-refractivity contribution in [1.29, 1.82) is 0 Å². The van der Waals surface area contributed by atoms with Crippen LogP contribution in [0.4, 0.5) is 4.48 Å². The number of rotatable bonds is 2. The Morgan fingerprint density at radius 3 is 2.60 bits per heavy atom. The summed E-state index contributed by atoms with van der Waals surface area (Å²) in [5, 5.41) is 0.449. The minimum Gasteiger partial charge on any atom is -0.462 e. The molecule has 0 aromatic carbocycles. The van der Waals surface area contributed by atoms with E-state index in [4.69, 9.17) is 4.74 Å². The summed E-state index contributed by atoms with van der Waals surface area (Å²) in [6.07, 6.45) is -0.151. The Kier molecular flexibility index (Phi) is 1.89. The van der Waals surface area contributed by atoms with Crippen molar-refractivity contribution in [3.63, 3.8) is 0 Å². The zero-order valence-corrected chi connectivity index (χ0v) is 6.00. The Morgan fingerprint density at radius 1 is 1.80 bits per heavy atom. The van der Waals surface area contributed by atoms with Gasteiger partial charge < -0.3 is 4.74 Å². The highest BCUT2D eigenvalue weighted by molar-refractivity contribution is 5.78. The van der Waals surface area contributed by atoms with E-state index in [2.05, 4.69) is 0 Å². The lowest BCUT2D eigenvalue weighted by atomic mass is 10.4. The summed E-state index contributed by atoms with van der Waals surface area (Å²) in [5.41, 5.74) is 0. The van der Waals surface area contributed by atoms with E-state index in [9.17, 15) is 9.28 Å². The van der Waals surface area contributed by atoms with Crippen LogP contribution in [-0.4, -0.2) is 29.8 Å². The number of halogens is 1. The minimum atomic E-state index is -0.623. The third-order valence-corrected chi connectivity index (χ3v) is 1.18. The van der Waals surface area contributed by atoms with Crippen molar-refractivity contribution in [3.8, 4) is 0 Å². The second kappa shape index (κ2) is 2.54. The fourth-order valence-corrected chi connectivity index (χ4v) is 0.618. The molecule has 2 atom stereocenters. The van der Waals surface area contributed by atoms with Crippen LogP contribution < -0.4 is 0 Å². The summed E-state index contributed by atoms with van der Waals surface area (Å²) in [6.45, 7) is 3.66. The van der Waals surface area contributed by atoms with Crippen molar-refractivity contribution in [3.05, 3.63) is 0 Å². The fourth-order valence-electron chi connectivity index (χ4n) is 0.618. The first-order valence-corrected chi connectivity index (χ1v) is 3.24. The number of hydrogen-bond donors (Lipinski definition) is 0. The highest BCUT2D eigenvalue weighted by Crippen LogP contribution is 2.18. The van der Waals surface area contributed by atoms with Gasteiger partial charge in [0.25, 0.3) is 0 Å². The maximum Gasteiger partial charge on any atom is 0.327 e. The number of esters is 1. The molecule has 0 N–H and O–H groups in total. The third-order valence-electron chi connectivity index (χ3n) is 1.18. The van der Waals surface area contributed by atoms with E-state index in [-0.39, 0.29) is 12.6 Å². The molecule has 1 rings (SSSR count). The first-order chi connectivity index (χ1) is 4.61. The van der Waals surface area contributed by atoms with Crippen LogP contribution in [0.5, 0.6) is 0 Å². The van der Waals surface area contributed by atoms with Crippen molar-refractivity contribution in [2.75, 3.05) is 6.54 Å². The summed E-state index contributed by atoms with van der Waals surface area (Å²) in [4.78, 5) is 10.7. The normalized spacial score (nSPS) is 30.4. The van der Waals surface area contributed by atoms with Gasteiger partial charge in [0.1, 0.15) is 0 Å². The molecular weight excluding hydrogens is 137 g/mol. The molecule has 0 aromatic rings. The van der Waals surface area contributed by atoms with Crippen molar-refractivity contribution < 1.29 is 14.0 Å². The molecule has 58 valence electrons. The van der Waals surface area contributed by atoms with Gasteiger partial charge in [-0.2, -0.15) is 0 Å². The molecule has 0 radical (unpaired) electrons. The summed E-state index contributed by atoms with van der Waals surface area (Å²) < 4.78 is 16.7. The van der Waals surface area contributed by atoms with E-state index >= 15 is 0 Å². The van der Waals surface area contributed by atoms with Crippen LogP contribution in [0.25, 0.3) is 0 Å². The molecule has 1 aliphatic heterocycles. The maximum atomic E-state index is 12.0. The lowest BCUT2D eigenvalue weighted by Gasteiger charge is -2.05. The molecule has 10 heavy (non-hydrogen) atoms. The van der Waals surface area contributed by atoms with Crippen LogP contribution in [0.2, 0.25) is 0 Å². The van der Waals surface area contributed by atoms with Crippen LogP contribution in [0, 0.1) is 0 Å². The fraction of sp³-hybridized carbons (Fsp3) is 0.833. The molecule has 1 fully saturated rings. The second-order valence-electron chi connectivity index (χ2n) is 2.58. The van der Waals surface area contributed by atoms with Gasteiger partial charge in [-0.15, -0.1) is 9.60 Å². The van der Waals surface area contributed by atoms with E-state index in [0.717, 1.165) is 0 Å².